The van der Waals surface area contributed by atoms with E-state index in [2.05, 4.69) is 31.2 Å². The van der Waals surface area contributed by atoms with Crippen LogP contribution in [0.4, 0.5) is 0 Å². The maximum Gasteiger partial charge on any atom is 0.0646 e. The standard InChI is InChI=1S/C13H17O/c1-10-6-8-11(9-7-10)12-4-2-3-5-13(12)14/h6-9,13-14H,2-5H2,1H3/t13-/m1/s1. The zero-order valence-electron chi connectivity index (χ0n) is 8.66. The smallest absolute Gasteiger partial charge is 0.0646 e. The third kappa shape index (κ3) is 1.98. The molecule has 1 aliphatic carbocycles. The van der Waals surface area contributed by atoms with Gasteiger partial charge in [-0.1, -0.05) is 42.7 Å². The summed E-state index contributed by atoms with van der Waals surface area (Å²) in [6.07, 6.45) is 4.18. The van der Waals surface area contributed by atoms with Crippen molar-refractivity contribution in [2.24, 2.45) is 0 Å². The first-order valence-corrected chi connectivity index (χ1v) is 5.38. The summed E-state index contributed by atoms with van der Waals surface area (Å²) < 4.78 is 0. The van der Waals surface area contributed by atoms with Gasteiger partial charge < -0.3 is 5.11 Å². The van der Waals surface area contributed by atoms with E-state index < -0.39 is 0 Å². The van der Waals surface area contributed by atoms with Gasteiger partial charge in [-0.15, -0.1) is 0 Å². The zero-order valence-corrected chi connectivity index (χ0v) is 8.66. The zero-order chi connectivity index (χ0) is 9.97. The Hall–Kier alpha value is -0.820. The predicted molar refractivity (Wildman–Crippen MR) is 58.0 cm³/mol. The van der Waals surface area contributed by atoms with Crippen LogP contribution in [0.3, 0.4) is 0 Å². The molecule has 1 saturated carbocycles. The van der Waals surface area contributed by atoms with E-state index in [1.165, 1.54) is 23.5 Å². The molecule has 0 saturated heterocycles. The van der Waals surface area contributed by atoms with Gasteiger partial charge in [-0.3, -0.25) is 0 Å². The van der Waals surface area contributed by atoms with Crippen LogP contribution in [0.5, 0.6) is 0 Å². The first-order valence-electron chi connectivity index (χ1n) is 5.38. The van der Waals surface area contributed by atoms with Gasteiger partial charge in [0.05, 0.1) is 6.10 Å². The molecule has 0 amide bonds. The van der Waals surface area contributed by atoms with Crippen molar-refractivity contribution in [2.45, 2.75) is 38.7 Å². The van der Waals surface area contributed by atoms with Gasteiger partial charge in [-0.05, 0) is 25.3 Å². The van der Waals surface area contributed by atoms with Crippen molar-refractivity contribution in [3.63, 3.8) is 0 Å². The van der Waals surface area contributed by atoms with Crippen LogP contribution >= 0.6 is 0 Å². The van der Waals surface area contributed by atoms with E-state index in [1.54, 1.807) is 0 Å². The number of rotatable bonds is 1. The molecule has 1 aromatic rings. The molecule has 14 heavy (non-hydrogen) atoms. The molecular formula is C13H17O. The average molecular weight is 189 g/mol. The molecule has 1 aliphatic rings. The minimum Gasteiger partial charge on any atom is -0.392 e. The van der Waals surface area contributed by atoms with E-state index in [1.807, 2.05) is 0 Å². The molecule has 0 bridgehead atoms. The number of aryl methyl sites for hydroxylation is 1. The fourth-order valence-corrected chi connectivity index (χ4v) is 2.10. The fraction of sp³-hybridized carbons (Fsp3) is 0.462. The second-order valence-corrected chi connectivity index (χ2v) is 4.15. The second kappa shape index (κ2) is 4.14. The Labute approximate surface area is 85.8 Å². The van der Waals surface area contributed by atoms with Gasteiger partial charge in [0.1, 0.15) is 0 Å². The first-order chi connectivity index (χ1) is 6.77. The Morgan fingerprint density at radius 2 is 1.86 bits per heavy atom. The number of hydrogen-bond acceptors (Lipinski definition) is 1. The molecule has 2 rings (SSSR count). The van der Waals surface area contributed by atoms with E-state index in [9.17, 15) is 5.11 Å². The second-order valence-electron chi connectivity index (χ2n) is 4.15. The highest BCUT2D eigenvalue weighted by Crippen LogP contribution is 2.31. The van der Waals surface area contributed by atoms with Crippen LogP contribution in [0, 0.1) is 12.8 Å². The lowest BCUT2D eigenvalue weighted by molar-refractivity contribution is 0.157. The van der Waals surface area contributed by atoms with E-state index >= 15 is 0 Å². The van der Waals surface area contributed by atoms with Crippen molar-refractivity contribution in [1.82, 2.24) is 0 Å². The number of hydrogen-bond donors (Lipinski definition) is 1. The summed E-state index contributed by atoms with van der Waals surface area (Å²) in [4.78, 5) is 0. The lowest BCUT2D eigenvalue weighted by Gasteiger charge is -2.27. The number of aliphatic hydroxyl groups is 1. The molecule has 1 fully saturated rings. The van der Waals surface area contributed by atoms with Gasteiger partial charge in [0.2, 0.25) is 0 Å². The fourth-order valence-electron chi connectivity index (χ4n) is 2.10. The van der Waals surface area contributed by atoms with Crippen molar-refractivity contribution in [1.29, 1.82) is 0 Å². The third-order valence-corrected chi connectivity index (χ3v) is 3.00. The third-order valence-electron chi connectivity index (χ3n) is 3.00. The Morgan fingerprint density at radius 1 is 1.14 bits per heavy atom. The molecule has 1 atom stereocenters. The summed E-state index contributed by atoms with van der Waals surface area (Å²) in [5, 5.41) is 9.85. The first kappa shape index (κ1) is 9.72. The molecular weight excluding hydrogens is 172 g/mol. The van der Waals surface area contributed by atoms with Crippen molar-refractivity contribution in [3.05, 3.63) is 41.3 Å². The molecule has 0 aromatic heterocycles. The summed E-state index contributed by atoms with van der Waals surface area (Å²) in [5.74, 6) is 1.23. The van der Waals surface area contributed by atoms with Crippen LogP contribution < -0.4 is 0 Å². The molecule has 1 nitrogen and oxygen atoms in total. The van der Waals surface area contributed by atoms with Crippen molar-refractivity contribution < 1.29 is 5.11 Å². The molecule has 1 aromatic carbocycles. The van der Waals surface area contributed by atoms with Crippen molar-refractivity contribution in [2.75, 3.05) is 0 Å². The van der Waals surface area contributed by atoms with Crippen LogP contribution in [-0.4, -0.2) is 11.2 Å². The highest BCUT2D eigenvalue weighted by Gasteiger charge is 2.24. The van der Waals surface area contributed by atoms with Crippen molar-refractivity contribution >= 4 is 0 Å². The highest BCUT2D eigenvalue weighted by atomic mass is 16.3. The Bertz CT molecular complexity index is 289. The SMILES string of the molecule is Cc1ccc([C]2CCCC[C@H]2O)cc1. The molecule has 0 heterocycles. The lowest BCUT2D eigenvalue weighted by atomic mass is 9.81. The molecule has 1 N–H and O–H groups in total. The van der Waals surface area contributed by atoms with Crippen molar-refractivity contribution in [3.8, 4) is 0 Å². The van der Waals surface area contributed by atoms with Gasteiger partial charge in [0, 0.05) is 5.92 Å². The largest absolute Gasteiger partial charge is 0.392 e. The molecule has 1 heteroatoms. The van der Waals surface area contributed by atoms with E-state index in [4.69, 9.17) is 0 Å². The van der Waals surface area contributed by atoms with Gasteiger partial charge in [-0.25, -0.2) is 0 Å². The van der Waals surface area contributed by atoms with Crippen LogP contribution in [-0.2, 0) is 0 Å². The van der Waals surface area contributed by atoms with Crippen LogP contribution in [0.1, 0.15) is 36.8 Å². The Kier molecular flexibility index (Phi) is 2.87. The van der Waals surface area contributed by atoms with Gasteiger partial charge in [-0.2, -0.15) is 0 Å². The summed E-state index contributed by atoms with van der Waals surface area (Å²) in [6, 6.07) is 8.48. The molecule has 0 spiro atoms. The Morgan fingerprint density at radius 3 is 2.50 bits per heavy atom. The Balaban J connectivity index is 2.16. The van der Waals surface area contributed by atoms with Gasteiger partial charge in [0.15, 0.2) is 0 Å². The van der Waals surface area contributed by atoms with E-state index in [0.29, 0.717) is 0 Å². The summed E-state index contributed by atoms with van der Waals surface area (Å²) >= 11 is 0. The molecule has 1 radical (unpaired) electrons. The minimum atomic E-state index is -0.202. The van der Waals surface area contributed by atoms with Gasteiger partial charge in [0.25, 0.3) is 0 Å². The predicted octanol–water partition coefficient (Wildman–Crippen LogP) is 2.85. The highest BCUT2D eigenvalue weighted by molar-refractivity contribution is 5.35. The summed E-state index contributed by atoms with van der Waals surface area (Å²) in [5.41, 5.74) is 2.50. The van der Waals surface area contributed by atoms with Crippen LogP contribution in [0.25, 0.3) is 0 Å². The summed E-state index contributed by atoms with van der Waals surface area (Å²) in [6.45, 7) is 2.09. The molecule has 0 unspecified atom stereocenters. The average Bonchev–Trinajstić information content (AvgIpc) is 2.20. The van der Waals surface area contributed by atoms with Crippen LogP contribution in [0.15, 0.2) is 24.3 Å². The van der Waals surface area contributed by atoms with E-state index in [0.717, 1.165) is 19.3 Å². The van der Waals surface area contributed by atoms with Gasteiger partial charge >= 0.3 is 0 Å². The molecule has 0 aliphatic heterocycles. The number of aliphatic hydroxyl groups excluding tert-OH is 1. The normalized spacial score (nSPS) is 23.7. The summed E-state index contributed by atoms with van der Waals surface area (Å²) in [7, 11) is 0. The quantitative estimate of drug-likeness (QED) is 0.720. The maximum absolute atomic E-state index is 9.85. The minimum absolute atomic E-state index is 0.202. The number of benzene rings is 1. The van der Waals surface area contributed by atoms with Crippen LogP contribution in [0.2, 0.25) is 0 Å². The lowest BCUT2D eigenvalue weighted by Crippen LogP contribution is -2.23. The monoisotopic (exact) mass is 189 g/mol. The maximum atomic E-state index is 9.85. The molecule has 75 valence electrons. The van der Waals surface area contributed by atoms with E-state index in [-0.39, 0.29) is 6.10 Å². The topological polar surface area (TPSA) is 20.2 Å².